The minimum Gasteiger partial charge on any atom is -0.472 e. The van der Waals surface area contributed by atoms with Crippen molar-refractivity contribution in [1.29, 1.82) is 0 Å². The highest BCUT2D eigenvalue weighted by Gasteiger charge is 2.13. The molecule has 0 spiro atoms. The van der Waals surface area contributed by atoms with Crippen LogP contribution in [0.25, 0.3) is 0 Å². The van der Waals surface area contributed by atoms with Gasteiger partial charge in [0.25, 0.3) is 0 Å². The zero-order valence-corrected chi connectivity index (χ0v) is 9.96. The maximum Gasteiger partial charge on any atom is 0.173 e. The fourth-order valence-electron chi connectivity index (χ4n) is 1.59. The van der Waals surface area contributed by atoms with Crippen LogP contribution in [-0.4, -0.2) is 20.5 Å². The molecule has 0 aliphatic rings. The van der Waals surface area contributed by atoms with Crippen molar-refractivity contribution < 1.29 is 9.21 Å². The predicted octanol–water partition coefficient (Wildman–Crippen LogP) is 1.95. The highest BCUT2D eigenvalue weighted by molar-refractivity contribution is 5.96. The van der Waals surface area contributed by atoms with E-state index in [1.165, 1.54) is 18.9 Å². The van der Waals surface area contributed by atoms with Crippen molar-refractivity contribution in [3.8, 4) is 0 Å². The molecule has 0 bridgehead atoms. The predicted molar refractivity (Wildman–Crippen MR) is 61.6 cm³/mol. The van der Waals surface area contributed by atoms with Crippen molar-refractivity contribution in [1.82, 2.24) is 14.8 Å². The van der Waals surface area contributed by atoms with Crippen molar-refractivity contribution in [3.63, 3.8) is 0 Å². The van der Waals surface area contributed by atoms with Crippen LogP contribution in [-0.2, 0) is 13.0 Å². The Balaban J connectivity index is 2.08. The summed E-state index contributed by atoms with van der Waals surface area (Å²) in [5.41, 5.74) is 0.573. The van der Waals surface area contributed by atoms with E-state index in [9.17, 15) is 4.79 Å². The van der Waals surface area contributed by atoms with E-state index in [4.69, 9.17) is 4.42 Å². The van der Waals surface area contributed by atoms with E-state index in [1.807, 2.05) is 0 Å². The molecule has 0 aromatic carbocycles. The van der Waals surface area contributed by atoms with Gasteiger partial charge in [0, 0.05) is 6.54 Å². The summed E-state index contributed by atoms with van der Waals surface area (Å²) in [4.78, 5) is 16.0. The molecule has 2 aromatic rings. The zero-order chi connectivity index (χ0) is 12.3. The van der Waals surface area contributed by atoms with E-state index >= 15 is 0 Å². The average molecular weight is 233 g/mol. The van der Waals surface area contributed by atoms with Crippen molar-refractivity contribution in [2.45, 2.75) is 26.8 Å². The standard InChI is InChI=1S/C12H15N3O2/c1-9(2)6-15-12(13-8-14-15)5-11(16)10-3-4-17-7-10/h3-4,7-9H,5-6H2,1-2H3. The number of furan rings is 1. The van der Waals surface area contributed by atoms with Gasteiger partial charge in [-0.15, -0.1) is 0 Å². The maximum atomic E-state index is 11.9. The van der Waals surface area contributed by atoms with Gasteiger partial charge in [0.15, 0.2) is 5.78 Å². The smallest absolute Gasteiger partial charge is 0.173 e. The summed E-state index contributed by atoms with van der Waals surface area (Å²) >= 11 is 0. The van der Waals surface area contributed by atoms with Crippen LogP contribution in [0.15, 0.2) is 29.3 Å². The van der Waals surface area contributed by atoms with Gasteiger partial charge in [-0.05, 0) is 12.0 Å². The lowest BCUT2D eigenvalue weighted by Gasteiger charge is -2.07. The number of aromatic nitrogens is 3. The van der Waals surface area contributed by atoms with Gasteiger partial charge in [-0.2, -0.15) is 5.10 Å². The summed E-state index contributed by atoms with van der Waals surface area (Å²) in [6, 6.07) is 1.66. The summed E-state index contributed by atoms with van der Waals surface area (Å²) < 4.78 is 6.67. The number of rotatable bonds is 5. The van der Waals surface area contributed by atoms with Crippen LogP contribution in [0.1, 0.15) is 30.0 Å². The second-order valence-electron chi connectivity index (χ2n) is 4.36. The van der Waals surface area contributed by atoms with Gasteiger partial charge in [-0.1, -0.05) is 13.8 Å². The molecule has 2 rings (SSSR count). The Morgan fingerprint density at radius 1 is 1.53 bits per heavy atom. The lowest BCUT2D eigenvalue weighted by atomic mass is 10.1. The first kappa shape index (κ1) is 11.6. The monoisotopic (exact) mass is 233 g/mol. The molecule has 17 heavy (non-hydrogen) atoms. The molecule has 0 unspecified atom stereocenters. The van der Waals surface area contributed by atoms with Gasteiger partial charge in [0.1, 0.15) is 18.4 Å². The van der Waals surface area contributed by atoms with Crippen LogP contribution in [0.4, 0.5) is 0 Å². The second-order valence-corrected chi connectivity index (χ2v) is 4.36. The maximum absolute atomic E-state index is 11.9. The average Bonchev–Trinajstić information content (AvgIpc) is 2.89. The Morgan fingerprint density at radius 3 is 3.00 bits per heavy atom. The number of carbonyl (C=O) groups is 1. The summed E-state index contributed by atoms with van der Waals surface area (Å²) in [6.45, 7) is 4.97. The van der Waals surface area contributed by atoms with Crippen LogP contribution in [0, 0.1) is 5.92 Å². The molecule has 0 atom stereocenters. The molecule has 0 aliphatic carbocycles. The lowest BCUT2D eigenvalue weighted by Crippen LogP contribution is -2.13. The molecule has 0 saturated carbocycles. The molecule has 0 saturated heterocycles. The fraction of sp³-hybridized carbons (Fsp3) is 0.417. The van der Waals surface area contributed by atoms with E-state index in [2.05, 4.69) is 23.9 Å². The normalized spacial score (nSPS) is 11.0. The molecule has 90 valence electrons. The summed E-state index contributed by atoms with van der Waals surface area (Å²) in [5.74, 6) is 1.17. The minimum absolute atomic E-state index is 0.00300. The Bertz CT molecular complexity index is 486. The third kappa shape index (κ3) is 2.81. The number of nitrogens with zero attached hydrogens (tertiary/aromatic N) is 3. The van der Waals surface area contributed by atoms with Crippen LogP contribution in [0.3, 0.4) is 0 Å². The number of hydrogen-bond acceptors (Lipinski definition) is 4. The minimum atomic E-state index is -0.00300. The Kier molecular flexibility index (Phi) is 3.37. The third-order valence-corrected chi connectivity index (χ3v) is 2.40. The Hall–Kier alpha value is -1.91. The molecule has 0 radical (unpaired) electrons. The van der Waals surface area contributed by atoms with E-state index in [-0.39, 0.29) is 12.2 Å². The number of Topliss-reactive ketones (excluding diaryl/α,β-unsaturated/α-hetero) is 1. The molecular formula is C12H15N3O2. The van der Waals surface area contributed by atoms with Crippen molar-refractivity contribution in [2.24, 2.45) is 5.92 Å². The molecule has 0 N–H and O–H groups in total. The molecule has 0 amide bonds. The van der Waals surface area contributed by atoms with Crippen molar-refractivity contribution in [2.75, 3.05) is 0 Å². The third-order valence-electron chi connectivity index (χ3n) is 2.40. The molecule has 5 heteroatoms. The highest BCUT2D eigenvalue weighted by atomic mass is 16.3. The first-order valence-corrected chi connectivity index (χ1v) is 5.59. The van der Waals surface area contributed by atoms with E-state index < -0.39 is 0 Å². The van der Waals surface area contributed by atoms with Gasteiger partial charge >= 0.3 is 0 Å². The quantitative estimate of drug-likeness (QED) is 0.740. The van der Waals surface area contributed by atoms with Gasteiger partial charge in [-0.3, -0.25) is 4.79 Å². The van der Waals surface area contributed by atoms with Crippen molar-refractivity contribution >= 4 is 5.78 Å². The van der Waals surface area contributed by atoms with E-state index in [0.717, 1.165) is 6.54 Å². The molecule has 0 fully saturated rings. The second kappa shape index (κ2) is 4.95. The first-order valence-electron chi connectivity index (χ1n) is 5.59. The van der Waals surface area contributed by atoms with Crippen LogP contribution in [0.5, 0.6) is 0 Å². The molecule has 5 nitrogen and oxygen atoms in total. The number of carbonyl (C=O) groups excluding carboxylic acids is 1. The van der Waals surface area contributed by atoms with E-state index in [1.54, 1.807) is 10.7 Å². The SMILES string of the molecule is CC(C)Cn1ncnc1CC(=O)c1ccoc1. The largest absolute Gasteiger partial charge is 0.472 e. The fourth-order valence-corrected chi connectivity index (χ4v) is 1.59. The number of ketones is 1. The van der Waals surface area contributed by atoms with Gasteiger partial charge < -0.3 is 4.42 Å². The number of hydrogen-bond donors (Lipinski definition) is 0. The molecular weight excluding hydrogens is 218 g/mol. The van der Waals surface area contributed by atoms with E-state index in [0.29, 0.717) is 17.3 Å². The first-order chi connectivity index (χ1) is 8.16. The van der Waals surface area contributed by atoms with Crippen LogP contribution < -0.4 is 0 Å². The van der Waals surface area contributed by atoms with Crippen LogP contribution in [0.2, 0.25) is 0 Å². The van der Waals surface area contributed by atoms with Gasteiger partial charge in [-0.25, -0.2) is 9.67 Å². The lowest BCUT2D eigenvalue weighted by molar-refractivity contribution is 0.0988. The van der Waals surface area contributed by atoms with Crippen molar-refractivity contribution in [3.05, 3.63) is 36.3 Å². The molecule has 2 aromatic heterocycles. The zero-order valence-electron chi connectivity index (χ0n) is 9.96. The van der Waals surface area contributed by atoms with Gasteiger partial charge in [0.2, 0.25) is 0 Å². The summed E-state index contributed by atoms with van der Waals surface area (Å²) in [7, 11) is 0. The Labute approximate surface area is 99.5 Å². The van der Waals surface area contributed by atoms with Gasteiger partial charge in [0.05, 0.1) is 18.2 Å². The topological polar surface area (TPSA) is 60.9 Å². The Morgan fingerprint density at radius 2 is 2.35 bits per heavy atom. The molecule has 0 aliphatic heterocycles. The molecule has 2 heterocycles. The summed E-state index contributed by atoms with van der Waals surface area (Å²) in [5, 5.41) is 4.12. The summed E-state index contributed by atoms with van der Waals surface area (Å²) in [6.07, 6.45) is 4.68. The highest BCUT2D eigenvalue weighted by Crippen LogP contribution is 2.07. The van der Waals surface area contributed by atoms with Crippen LogP contribution >= 0.6 is 0 Å².